The van der Waals surface area contributed by atoms with Crippen molar-refractivity contribution in [3.05, 3.63) is 213 Å². The highest BCUT2D eigenvalue weighted by atomic mass is 16.6. The Kier molecular flexibility index (Phi) is 14.2. The van der Waals surface area contributed by atoms with Gasteiger partial charge in [-0.25, -0.2) is 24.7 Å². The summed E-state index contributed by atoms with van der Waals surface area (Å²) in [5, 5.41) is 3.74. The summed E-state index contributed by atoms with van der Waals surface area (Å²) >= 11 is 0. The van der Waals surface area contributed by atoms with Gasteiger partial charge in [0.05, 0.1) is 56.2 Å². The van der Waals surface area contributed by atoms with Gasteiger partial charge in [0.1, 0.15) is 28.9 Å². The SMILES string of the molecule is CC(C)(C)OC(=O)N1CC2(CC2)CC1c1nc2ccc(-c3cc4ccc3CCc3ccc(c(-c5ccc6nc(C7CCC8(CC8)C7)[nH]c6c5)c3)CC4)cc2[nH]1.c1cc2c(-c3ccc4nc(C5CCC6(CC6)C5)[nH]c4c3)cc1CCc1ccc(cc1-c1ccc3nc(C4CC5(CC5)CN4)[nH]c3c1)CC2. The van der Waals surface area contributed by atoms with Crippen LogP contribution in [-0.4, -0.2) is 69.6 Å². The molecule has 103 heavy (non-hydrogen) atoms. The molecule has 2 saturated heterocycles. The number of fused-ring (bicyclic) bond motifs is 4. The zero-order valence-corrected chi connectivity index (χ0v) is 60.1. The number of aromatic amines is 4. The summed E-state index contributed by atoms with van der Waals surface area (Å²) in [6.07, 6.45) is 28.6. The molecule has 8 bridgehead atoms. The van der Waals surface area contributed by atoms with Crippen molar-refractivity contribution in [2.75, 3.05) is 13.1 Å². The van der Waals surface area contributed by atoms with Gasteiger partial charge in [0.15, 0.2) is 0 Å². The molecule has 12 heteroatoms. The van der Waals surface area contributed by atoms with Crippen molar-refractivity contribution in [3.63, 3.8) is 0 Å². The third kappa shape index (κ3) is 11.8. The Morgan fingerprint density at radius 2 is 0.767 bits per heavy atom. The molecule has 4 aromatic heterocycles. The number of nitrogens with one attached hydrogen (secondary N) is 5. The number of amides is 1. The average Bonchev–Trinajstić information content (AvgIpc) is 1.64. The molecule has 4 spiro atoms. The lowest BCUT2D eigenvalue weighted by Crippen LogP contribution is -2.37. The lowest BCUT2D eigenvalue weighted by atomic mass is 9.87. The van der Waals surface area contributed by atoms with Gasteiger partial charge in [-0.2, -0.15) is 0 Å². The minimum Gasteiger partial charge on any atom is -0.444 e. The molecule has 8 aromatic carbocycles. The second-order valence-electron chi connectivity index (χ2n) is 35.2. The second kappa shape index (κ2) is 23.4. The van der Waals surface area contributed by atoms with Gasteiger partial charge in [0.2, 0.25) is 0 Å². The molecule has 6 heterocycles. The van der Waals surface area contributed by atoms with Gasteiger partial charge in [0.25, 0.3) is 0 Å². The third-order valence-electron chi connectivity index (χ3n) is 26.8. The van der Waals surface area contributed by atoms with Crippen LogP contribution in [0.5, 0.6) is 0 Å². The van der Waals surface area contributed by atoms with Crippen molar-refractivity contribution in [1.82, 2.24) is 50.1 Å². The van der Waals surface area contributed by atoms with Gasteiger partial charge in [-0.3, -0.25) is 4.90 Å². The molecule has 2 aliphatic heterocycles. The van der Waals surface area contributed by atoms with E-state index in [1.807, 2.05) is 25.7 Å². The molecule has 4 atom stereocenters. The molecule has 520 valence electrons. The van der Waals surface area contributed by atoms with E-state index in [4.69, 9.17) is 24.7 Å². The van der Waals surface area contributed by atoms with Crippen LogP contribution in [0.4, 0.5) is 4.79 Å². The van der Waals surface area contributed by atoms with Crippen molar-refractivity contribution in [2.24, 2.45) is 21.7 Å². The summed E-state index contributed by atoms with van der Waals surface area (Å²) in [5.41, 5.74) is 31.9. The van der Waals surface area contributed by atoms with Gasteiger partial charge >= 0.3 is 6.09 Å². The number of aryl methyl sites for hydroxylation is 8. The van der Waals surface area contributed by atoms with E-state index in [0.717, 1.165) is 121 Å². The molecule has 8 fully saturated rings. The van der Waals surface area contributed by atoms with Gasteiger partial charge in [0, 0.05) is 24.9 Å². The Morgan fingerprint density at radius 3 is 1.14 bits per heavy atom. The first kappa shape index (κ1) is 62.4. The fourth-order valence-electron chi connectivity index (χ4n) is 19.8. The highest BCUT2D eigenvalue weighted by Crippen LogP contribution is 2.63. The highest BCUT2D eigenvalue weighted by Gasteiger charge is 2.56. The van der Waals surface area contributed by atoms with E-state index in [1.54, 1.807) is 0 Å². The van der Waals surface area contributed by atoms with Crippen LogP contribution in [0.1, 0.15) is 215 Å². The minimum absolute atomic E-state index is 0.0979. The number of aromatic nitrogens is 8. The van der Waals surface area contributed by atoms with E-state index in [0.29, 0.717) is 34.1 Å². The summed E-state index contributed by atoms with van der Waals surface area (Å²) in [4.78, 5) is 50.4. The standard InChI is InChI=1S/C48H51N5O2.C43H43N5/c1-46(2,3)55-45(54)53-28-48(20-21-48)27-42(53)44-50-39-15-13-34(25-41(39)52-44)37-23-30-5-9-31-8-4-29(6-10-32(37)11-7-30)22-36(31)33-12-14-38-40(24-33)51-43(49-38)35-16-17-47(26-35)18-19-47;1-5-28-6-2-27-4-8-29(34(20-27)31-10-12-36-38(22-31)48-41(46-36)39-24-43(17-18-43)25-44-39)7-3-26(1)19-33(28)30-9-11-35-37(21-30)47-40(45-35)32-13-14-42(23-32)15-16-42/h4,7-8,11-15,22-25,35,42H,5-6,9-10,16-21,26-28H2,1-3H3,(H,49,51)(H,50,52);1,4-5,8-12,19-22,32,39,44H,2-3,6-7,13-18,23-25H2,(H,45,47)(H,46,48). The van der Waals surface area contributed by atoms with E-state index in [9.17, 15) is 4.79 Å². The number of carbonyl (C=O) groups is 1. The molecule has 0 radical (unpaired) electrons. The monoisotopic (exact) mass is 1360 g/mol. The number of hydrogen-bond donors (Lipinski definition) is 5. The summed E-state index contributed by atoms with van der Waals surface area (Å²) in [6.45, 7) is 7.69. The molecular formula is C91H94N10O2. The lowest BCUT2D eigenvalue weighted by Gasteiger charge is -2.27. The molecule has 6 saturated carbocycles. The first-order valence-corrected chi connectivity index (χ1v) is 39.3. The molecule has 1 amide bonds. The van der Waals surface area contributed by atoms with Crippen LogP contribution in [0.3, 0.4) is 0 Å². The van der Waals surface area contributed by atoms with E-state index < -0.39 is 5.60 Å². The van der Waals surface area contributed by atoms with Crippen molar-refractivity contribution < 1.29 is 9.53 Å². The largest absolute Gasteiger partial charge is 0.444 e. The van der Waals surface area contributed by atoms with Crippen molar-refractivity contribution in [3.8, 4) is 44.5 Å². The Balaban J connectivity index is 0.000000135. The van der Waals surface area contributed by atoms with E-state index in [2.05, 4.69) is 171 Å². The zero-order chi connectivity index (χ0) is 68.6. The van der Waals surface area contributed by atoms with Crippen LogP contribution in [0.15, 0.2) is 146 Å². The van der Waals surface area contributed by atoms with Crippen molar-refractivity contribution in [2.45, 2.75) is 204 Å². The maximum absolute atomic E-state index is 13.3. The quantitative estimate of drug-likeness (QED) is 0.101. The summed E-state index contributed by atoms with van der Waals surface area (Å²) in [5.74, 6) is 5.57. The molecule has 16 aliphatic rings. The number of carbonyl (C=O) groups excluding carboxylic acids is 1. The number of hydrogen-bond acceptors (Lipinski definition) is 7. The number of H-pyrrole nitrogens is 4. The molecule has 14 aliphatic carbocycles. The topological polar surface area (TPSA) is 156 Å². The lowest BCUT2D eigenvalue weighted by molar-refractivity contribution is 0.0212. The molecule has 5 N–H and O–H groups in total. The first-order chi connectivity index (χ1) is 50.1. The zero-order valence-electron chi connectivity index (χ0n) is 60.1. The predicted molar refractivity (Wildman–Crippen MR) is 411 cm³/mol. The number of ether oxygens (including phenoxy) is 1. The summed E-state index contributed by atoms with van der Waals surface area (Å²) in [6, 6.07) is 56.2. The second-order valence-corrected chi connectivity index (χ2v) is 35.2. The van der Waals surface area contributed by atoms with Crippen LogP contribution in [0.2, 0.25) is 0 Å². The maximum atomic E-state index is 13.3. The Morgan fingerprint density at radius 1 is 0.398 bits per heavy atom. The highest BCUT2D eigenvalue weighted by molar-refractivity contribution is 5.87. The maximum Gasteiger partial charge on any atom is 0.410 e. The molecule has 4 unspecified atom stereocenters. The molecule has 12 nitrogen and oxygen atoms in total. The van der Waals surface area contributed by atoms with Crippen LogP contribution in [0.25, 0.3) is 88.6 Å². The first-order valence-electron chi connectivity index (χ1n) is 39.3. The fourth-order valence-corrected chi connectivity index (χ4v) is 19.8. The van der Waals surface area contributed by atoms with Crippen LogP contribution in [0, 0.1) is 21.7 Å². The van der Waals surface area contributed by atoms with Gasteiger partial charge < -0.3 is 30.0 Å². The Hall–Kier alpha value is -9.13. The number of benzene rings is 8. The minimum atomic E-state index is -0.534. The predicted octanol–water partition coefficient (Wildman–Crippen LogP) is 20.7. The average molecular weight is 1360 g/mol. The van der Waals surface area contributed by atoms with Crippen LogP contribution in [-0.2, 0) is 56.1 Å². The normalized spacial score (nSPS) is 22.8. The van der Waals surface area contributed by atoms with Gasteiger partial charge in [-0.05, 0) is 334 Å². The molecule has 12 aromatic rings. The molecule has 28 rings (SSSR count). The summed E-state index contributed by atoms with van der Waals surface area (Å²) in [7, 11) is 0. The Labute approximate surface area is 603 Å². The third-order valence-corrected chi connectivity index (χ3v) is 26.8. The van der Waals surface area contributed by atoms with Gasteiger partial charge in [-0.1, -0.05) is 97.1 Å². The smallest absolute Gasteiger partial charge is 0.410 e. The number of rotatable bonds is 8. The van der Waals surface area contributed by atoms with Gasteiger partial charge in [-0.15, -0.1) is 0 Å². The molecular weight excluding hydrogens is 1270 g/mol. The number of likely N-dealkylation sites (tertiary alicyclic amines) is 1. The van der Waals surface area contributed by atoms with E-state index in [-0.39, 0.29) is 17.6 Å². The number of nitrogens with zero attached hydrogens (tertiary/aromatic N) is 5. The Bertz CT molecular complexity index is 5260. The van der Waals surface area contributed by atoms with Crippen LogP contribution >= 0.6 is 0 Å². The van der Waals surface area contributed by atoms with Crippen LogP contribution < -0.4 is 5.32 Å². The summed E-state index contributed by atoms with van der Waals surface area (Å²) < 4.78 is 5.85. The van der Waals surface area contributed by atoms with Crippen molar-refractivity contribution >= 4 is 50.2 Å². The van der Waals surface area contributed by atoms with E-state index >= 15 is 0 Å². The van der Waals surface area contributed by atoms with E-state index in [1.165, 1.54) is 202 Å². The fraction of sp³-hybridized carbons (Fsp3) is 0.418. The van der Waals surface area contributed by atoms with Crippen molar-refractivity contribution in [1.29, 1.82) is 0 Å². The number of imidazole rings is 4.